The van der Waals surface area contributed by atoms with Crippen LogP contribution < -0.4 is 4.90 Å². The Morgan fingerprint density at radius 1 is 1.33 bits per heavy atom. The smallest absolute Gasteiger partial charge is 0.254 e. The van der Waals surface area contributed by atoms with Crippen LogP contribution >= 0.6 is 33.8 Å². The Labute approximate surface area is 153 Å². The summed E-state index contributed by atoms with van der Waals surface area (Å²) >= 11 is 12.7. The van der Waals surface area contributed by atoms with Crippen LogP contribution in [0.15, 0.2) is 46.5 Å². The Morgan fingerprint density at radius 2 is 2.12 bits per heavy atom. The first kappa shape index (κ1) is 16.0. The number of anilines is 1. The molecule has 0 amide bonds. The summed E-state index contributed by atoms with van der Waals surface area (Å²) in [6.45, 7) is 1.13. The molecule has 4 nitrogen and oxygen atoms in total. The highest BCUT2D eigenvalue weighted by Crippen LogP contribution is 2.45. The van der Waals surface area contributed by atoms with Crippen molar-refractivity contribution >= 4 is 44.6 Å². The van der Waals surface area contributed by atoms with Crippen LogP contribution in [0.1, 0.15) is 16.7 Å². The number of aryl methyl sites for hydroxylation is 1. The lowest BCUT2D eigenvalue weighted by Crippen LogP contribution is -2.26. The zero-order chi connectivity index (χ0) is 16.8. The van der Waals surface area contributed by atoms with Crippen molar-refractivity contribution in [3.8, 4) is 0 Å². The van der Waals surface area contributed by atoms with E-state index in [-0.39, 0.29) is 17.1 Å². The van der Waals surface area contributed by atoms with Crippen molar-refractivity contribution in [3.63, 3.8) is 0 Å². The first-order valence-electron chi connectivity index (χ1n) is 7.51. The van der Waals surface area contributed by atoms with Crippen molar-refractivity contribution in [2.45, 2.75) is 13.2 Å². The van der Waals surface area contributed by atoms with E-state index in [1.807, 2.05) is 30.5 Å². The molecule has 2 aromatic rings. The largest absolute Gasteiger partial charge is 0.391 e. The fraction of sp³-hybridized carbons (Fsp3) is 0.235. The number of allylic oxidation sites excluding steroid dienone is 1. The van der Waals surface area contributed by atoms with E-state index in [0.717, 1.165) is 28.1 Å². The highest BCUT2D eigenvalue weighted by molar-refractivity contribution is 7.32. The highest BCUT2D eigenvalue weighted by Gasteiger charge is 2.37. The van der Waals surface area contributed by atoms with E-state index in [4.69, 9.17) is 28.4 Å². The van der Waals surface area contributed by atoms with Gasteiger partial charge in [-0.2, -0.15) is 0 Å². The van der Waals surface area contributed by atoms with Gasteiger partial charge in [0.15, 0.2) is 0 Å². The molecule has 0 radical (unpaired) electrons. The number of nitrogens with zero attached hydrogens (tertiary/aromatic N) is 3. The molecule has 3 heterocycles. The van der Waals surface area contributed by atoms with Crippen molar-refractivity contribution in [3.05, 3.63) is 63.3 Å². The van der Waals surface area contributed by atoms with Gasteiger partial charge in [-0.05, 0) is 16.5 Å². The van der Waals surface area contributed by atoms with Crippen molar-refractivity contribution in [2.75, 3.05) is 11.6 Å². The average molecular weight is 381 g/mol. The molecule has 1 N–H and O–H groups in total. The summed E-state index contributed by atoms with van der Waals surface area (Å²) in [5.41, 5.74) is 4.76. The molecular weight excluding hydrogens is 365 g/mol. The Bertz CT molecular complexity index is 875. The number of aliphatic imine (C=N–C) groups is 1. The summed E-state index contributed by atoms with van der Waals surface area (Å²) in [5, 5.41) is 13.7. The minimum atomic E-state index is -0.0816. The second kappa shape index (κ2) is 6.08. The lowest BCUT2D eigenvalue weighted by Gasteiger charge is -2.18. The van der Waals surface area contributed by atoms with Crippen LogP contribution in [0, 0.1) is 0 Å². The Hall–Kier alpha value is -1.53. The van der Waals surface area contributed by atoms with Crippen LogP contribution in [0.25, 0.3) is 0 Å². The molecule has 24 heavy (non-hydrogen) atoms. The van der Waals surface area contributed by atoms with Gasteiger partial charge in [0, 0.05) is 29.1 Å². The monoisotopic (exact) mass is 380 g/mol. The van der Waals surface area contributed by atoms with Crippen molar-refractivity contribution in [1.82, 2.24) is 4.42 Å². The lowest BCUT2D eigenvalue weighted by atomic mass is 10.1. The van der Waals surface area contributed by atoms with E-state index in [1.54, 1.807) is 4.42 Å². The average Bonchev–Trinajstić information content (AvgIpc) is 3.04. The van der Waals surface area contributed by atoms with Crippen LogP contribution in [-0.2, 0) is 19.4 Å². The number of thiophene rings is 1. The first-order chi connectivity index (χ1) is 11.6. The quantitative estimate of drug-likeness (QED) is 0.626. The van der Waals surface area contributed by atoms with E-state index in [1.165, 1.54) is 5.00 Å². The number of hydrogen-bond donors (Lipinski definition) is 1. The third-order valence-corrected chi connectivity index (χ3v) is 6.53. The van der Waals surface area contributed by atoms with Crippen molar-refractivity contribution in [1.29, 1.82) is 0 Å². The number of halogens is 2. The zero-order valence-corrected chi connectivity index (χ0v) is 15.4. The summed E-state index contributed by atoms with van der Waals surface area (Å²) in [6.07, 6.45) is 4.06. The molecule has 1 unspecified atom stereocenters. The van der Waals surface area contributed by atoms with Gasteiger partial charge in [0.05, 0.1) is 35.1 Å². The van der Waals surface area contributed by atoms with Gasteiger partial charge in [0.2, 0.25) is 0 Å². The van der Waals surface area contributed by atoms with Crippen LogP contribution in [-0.4, -0.2) is 21.9 Å². The van der Waals surface area contributed by atoms with Crippen LogP contribution in [0.5, 0.6) is 0 Å². The molecule has 4 rings (SSSR count). The molecule has 1 atom stereocenters. The molecule has 0 fully saturated rings. The number of hydrogen-bond acceptors (Lipinski definition) is 4. The number of aliphatic hydroxyl groups excluding tert-OH is 1. The summed E-state index contributed by atoms with van der Waals surface area (Å²) in [7, 11) is -0.0816. The second-order valence-electron chi connectivity index (χ2n) is 5.77. The predicted molar refractivity (Wildman–Crippen MR) is 101 cm³/mol. The van der Waals surface area contributed by atoms with Gasteiger partial charge in [0.1, 0.15) is 18.3 Å². The molecule has 1 aromatic heterocycles. The maximum absolute atomic E-state index is 9.70. The molecule has 7 heteroatoms. The molecule has 0 spiro atoms. The molecule has 0 saturated carbocycles. The van der Waals surface area contributed by atoms with Crippen LogP contribution in [0.3, 0.4) is 0 Å². The molecule has 124 valence electrons. The molecule has 2 aliphatic heterocycles. The third kappa shape index (κ3) is 2.43. The fourth-order valence-electron chi connectivity index (χ4n) is 3.24. The van der Waals surface area contributed by atoms with Crippen molar-refractivity contribution in [2.24, 2.45) is 11.2 Å². The lowest BCUT2D eigenvalue weighted by molar-refractivity contribution is 0.281. The number of rotatable bonds is 2. The molecule has 1 aromatic carbocycles. The number of fused-ring (bicyclic) bond motifs is 3. The molecular formula is C17H16Cl2N3OS+. The SMILES string of the molecule is C[s+]1cc(CO)c2c1N1CN(Cl)C=C1C(c1ccccc1Cl)=NC2. The molecule has 0 bridgehead atoms. The third-order valence-electron chi connectivity index (χ3n) is 4.28. The van der Waals surface area contributed by atoms with Gasteiger partial charge >= 0.3 is 0 Å². The van der Waals surface area contributed by atoms with E-state index >= 15 is 0 Å². The van der Waals surface area contributed by atoms with E-state index in [9.17, 15) is 5.11 Å². The van der Waals surface area contributed by atoms with Crippen LogP contribution in [0.2, 0.25) is 5.02 Å². The number of benzene rings is 1. The van der Waals surface area contributed by atoms with Gasteiger partial charge in [-0.3, -0.25) is 14.3 Å². The van der Waals surface area contributed by atoms with Gasteiger partial charge in [-0.15, -0.1) is 0 Å². The molecule has 2 aliphatic rings. The first-order valence-corrected chi connectivity index (χ1v) is 9.92. The summed E-state index contributed by atoms with van der Waals surface area (Å²) in [4.78, 5) is 7.03. The Morgan fingerprint density at radius 3 is 2.88 bits per heavy atom. The molecule has 0 aliphatic carbocycles. The fourth-order valence-corrected chi connectivity index (χ4v) is 5.51. The number of aliphatic hydroxyl groups is 1. The summed E-state index contributed by atoms with van der Waals surface area (Å²) in [6, 6.07) is 7.71. The van der Waals surface area contributed by atoms with E-state index in [0.29, 0.717) is 18.2 Å². The standard InChI is InChI=1S/C17H16Cl2N3OS/c1-24-9-11(8-23)13-6-20-16(12-4-2-3-5-14(12)18)15-7-21(19)10-22(15)17(13)24/h2-5,7,9,23H,6,8,10H2,1H3/q+1. The Kier molecular flexibility index (Phi) is 4.04. The van der Waals surface area contributed by atoms with Gasteiger partial charge in [0.25, 0.3) is 5.00 Å². The van der Waals surface area contributed by atoms with Crippen LogP contribution in [0.4, 0.5) is 5.00 Å². The maximum atomic E-state index is 9.70. The normalized spacial score (nSPS) is 17.2. The summed E-state index contributed by atoms with van der Waals surface area (Å²) < 4.78 is 1.63. The second-order valence-corrected chi connectivity index (χ2v) is 8.35. The summed E-state index contributed by atoms with van der Waals surface area (Å²) in [5.74, 6) is 0. The minimum absolute atomic E-state index is 0.0323. The Balaban J connectivity index is 1.91. The topological polar surface area (TPSA) is 39.1 Å². The minimum Gasteiger partial charge on any atom is -0.391 e. The predicted octanol–water partition coefficient (Wildman–Crippen LogP) is 4.20. The van der Waals surface area contributed by atoms with E-state index in [2.05, 4.69) is 16.5 Å². The van der Waals surface area contributed by atoms with Crippen molar-refractivity contribution < 1.29 is 5.11 Å². The maximum Gasteiger partial charge on any atom is 0.254 e. The zero-order valence-electron chi connectivity index (χ0n) is 13.0. The van der Waals surface area contributed by atoms with Gasteiger partial charge in [-0.1, -0.05) is 29.8 Å². The van der Waals surface area contributed by atoms with Gasteiger partial charge < -0.3 is 5.11 Å². The van der Waals surface area contributed by atoms with E-state index < -0.39 is 0 Å². The van der Waals surface area contributed by atoms with Gasteiger partial charge in [-0.25, -0.2) is 0 Å². The highest BCUT2D eigenvalue weighted by atomic mass is 35.5. The molecule has 0 saturated heterocycles.